The molecule has 0 bridgehead atoms. The van der Waals surface area contributed by atoms with Crippen LogP contribution >= 0.6 is 34.4 Å². The molecule has 1 saturated heterocycles. The fourth-order valence-electron chi connectivity index (χ4n) is 2.80. The highest BCUT2D eigenvalue weighted by atomic mass is 127. The van der Waals surface area contributed by atoms with Gasteiger partial charge in [-0.15, -0.1) is 0 Å². The van der Waals surface area contributed by atoms with Crippen molar-refractivity contribution in [1.82, 2.24) is 4.90 Å². The van der Waals surface area contributed by atoms with E-state index < -0.39 is 0 Å². The molecule has 1 aliphatic rings. The number of benzene rings is 2. The number of ether oxygens (including phenoxy) is 2. The minimum Gasteiger partial charge on any atom is -0.493 e. The van der Waals surface area contributed by atoms with Crippen molar-refractivity contribution in [3.05, 3.63) is 61.6 Å². The van der Waals surface area contributed by atoms with Gasteiger partial charge in [0.1, 0.15) is 0 Å². The first-order valence-electron chi connectivity index (χ1n) is 8.15. The highest BCUT2D eigenvalue weighted by molar-refractivity contribution is 14.1. The van der Waals surface area contributed by atoms with Gasteiger partial charge in [-0.25, -0.2) is 0 Å². The molecule has 0 N–H and O–H groups in total. The summed E-state index contributed by atoms with van der Waals surface area (Å²) < 4.78 is 11.5. The third-order valence-corrected chi connectivity index (χ3v) is 5.76. The summed E-state index contributed by atoms with van der Waals surface area (Å²) in [7, 11) is 3.14. The number of methoxy groups -OCH3 is 2. The minimum atomic E-state index is -0.281. The Bertz CT molecular complexity index is 942. The van der Waals surface area contributed by atoms with Crippen LogP contribution in [-0.4, -0.2) is 30.3 Å². The highest BCUT2D eigenvalue weighted by Gasteiger charge is 2.35. The van der Waals surface area contributed by atoms with E-state index in [2.05, 4.69) is 22.6 Å². The number of imide groups is 1. The van der Waals surface area contributed by atoms with Gasteiger partial charge in [0.25, 0.3) is 11.1 Å². The van der Waals surface area contributed by atoms with E-state index in [0.29, 0.717) is 16.4 Å². The summed E-state index contributed by atoms with van der Waals surface area (Å²) in [6, 6.07) is 11.5. The van der Waals surface area contributed by atoms with Crippen LogP contribution < -0.4 is 9.47 Å². The number of thioether (sulfide) groups is 1. The lowest BCUT2D eigenvalue weighted by Crippen LogP contribution is -2.27. The molecule has 140 valence electrons. The van der Waals surface area contributed by atoms with Gasteiger partial charge in [-0.05, 0) is 70.6 Å². The predicted molar refractivity (Wildman–Crippen MR) is 115 cm³/mol. The molecule has 0 spiro atoms. The molecule has 0 aliphatic carbocycles. The van der Waals surface area contributed by atoms with Crippen molar-refractivity contribution < 1.29 is 19.1 Å². The monoisotopic (exact) mass is 495 g/mol. The van der Waals surface area contributed by atoms with Gasteiger partial charge in [0.15, 0.2) is 11.5 Å². The SMILES string of the molecule is COc1cc(/C=C2/SC(=O)N(Cc3cccc(C)c3)C2=O)cc(I)c1OC. The maximum atomic E-state index is 12.7. The second-order valence-electron chi connectivity index (χ2n) is 6.00. The molecule has 27 heavy (non-hydrogen) atoms. The predicted octanol–water partition coefficient (Wildman–Crippen LogP) is 4.85. The maximum Gasteiger partial charge on any atom is 0.293 e. The Morgan fingerprint density at radius 2 is 1.93 bits per heavy atom. The first-order valence-corrected chi connectivity index (χ1v) is 10.0. The zero-order chi connectivity index (χ0) is 19.6. The number of hydrogen-bond acceptors (Lipinski definition) is 5. The lowest BCUT2D eigenvalue weighted by Gasteiger charge is -2.13. The maximum absolute atomic E-state index is 12.7. The van der Waals surface area contributed by atoms with E-state index in [1.54, 1.807) is 26.4 Å². The smallest absolute Gasteiger partial charge is 0.293 e. The van der Waals surface area contributed by atoms with Crippen molar-refractivity contribution in [1.29, 1.82) is 0 Å². The molecule has 0 radical (unpaired) electrons. The molecule has 2 aromatic carbocycles. The highest BCUT2D eigenvalue weighted by Crippen LogP contribution is 2.37. The number of carbonyl (C=O) groups excluding carboxylic acids is 2. The van der Waals surface area contributed by atoms with E-state index in [1.165, 1.54) is 4.90 Å². The summed E-state index contributed by atoms with van der Waals surface area (Å²) in [5, 5.41) is -0.261. The third-order valence-electron chi connectivity index (χ3n) is 4.05. The van der Waals surface area contributed by atoms with Crippen molar-refractivity contribution in [2.75, 3.05) is 14.2 Å². The molecule has 5 nitrogen and oxygen atoms in total. The summed E-state index contributed by atoms with van der Waals surface area (Å²) >= 11 is 3.10. The second-order valence-corrected chi connectivity index (χ2v) is 8.15. The largest absolute Gasteiger partial charge is 0.493 e. The van der Waals surface area contributed by atoms with Gasteiger partial charge in [-0.3, -0.25) is 14.5 Å². The number of aryl methyl sites for hydroxylation is 1. The van der Waals surface area contributed by atoms with Crippen molar-refractivity contribution in [2.45, 2.75) is 13.5 Å². The molecule has 1 fully saturated rings. The molecule has 0 unspecified atom stereocenters. The first-order chi connectivity index (χ1) is 12.9. The van der Waals surface area contributed by atoms with Crippen LogP contribution in [0.15, 0.2) is 41.3 Å². The first kappa shape index (κ1) is 19.8. The van der Waals surface area contributed by atoms with Crippen LogP contribution in [0.2, 0.25) is 0 Å². The topological polar surface area (TPSA) is 55.8 Å². The fraction of sp³-hybridized carbons (Fsp3) is 0.200. The third kappa shape index (κ3) is 4.30. The summed E-state index contributed by atoms with van der Waals surface area (Å²) in [5.74, 6) is 0.939. The van der Waals surface area contributed by atoms with Crippen molar-refractivity contribution in [3.63, 3.8) is 0 Å². The normalized spacial score (nSPS) is 15.6. The van der Waals surface area contributed by atoms with Crippen LogP contribution in [0.3, 0.4) is 0 Å². The Morgan fingerprint density at radius 1 is 1.15 bits per heavy atom. The molecule has 0 aromatic heterocycles. The van der Waals surface area contributed by atoms with Gasteiger partial charge < -0.3 is 9.47 Å². The molecule has 3 rings (SSSR count). The van der Waals surface area contributed by atoms with Gasteiger partial charge in [-0.1, -0.05) is 29.8 Å². The minimum absolute atomic E-state index is 0.261. The summed E-state index contributed by atoms with van der Waals surface area (Å²) in [6.07, 6.45) is 1.71. The molecular weight excluding hydrogens is 477 g/mol. The van der Waals surface area contributed by atoms with E-state index in [4.69, 9.17) is 9.47 Å². The lowest BCUT2D eigenvalue weighted by molar-refractivity contribution is -0.123. The van der Waals surface area contributed by atoms with Crippen molar-refractivity contribution >= 4 is 51.6 Å². The Morgan fingerprint density at radius 3 is 2.59 bits per heavy atom. The molecule has 0 atom stereocenters. The Hall–Kier alpha value is -2.00. The lowest BCUT2D eigenvalue weighted by atomic mass is 10.1. The average molecular weight is 495 g/mol. The standard InChI is InChI=1S/C20H18INO4S/c1-12-5-4-6-13(7-12)11-22-19(23)17(27-20(22)24)10-14-8-15(21)18(26-3)16(9-14)25-2/h4-10H,11H2,1-3H3/b17-10+. The number of halogens is 1. The van der Waals surface area contributed by atoms with Gasteiger partial charge in [0, 0.05) is 0 Å². The van der Waals surface area contributed by atoms with E-state index in [0.717, 1.165) is 32.0 Å². The van der Waals surface area contributed by atoms with Crippen molar-refractivity contribution in [2.24, 2.45) is 0 Å². The molecule has 1 heterocycles. The summed E-state index contributed by atoms with van der Waals surface area (Å²) in [6.45, 7) is 2.25. The van der Waals surface area contributed by atoms with Crippen molar-refractivity contribution in [3.8, 4) is 11.5 Å². The van der Waals surface area contributed by atoms with Gasteiger partial charge in [0.2, 0.25) is 0 Å². The molecule has 2 aromatic rings. The number of rotatable bonds is 5. The number of nitrogens with zero attached hydrogens (tertiary/aromatic N) is 1. The van der Waals surface area contributed by atoms with Crippen LogP contribution in [0.4, 0.5) is 4.79 Å². The van der Waals surface area contributed by atoms with E-state index in [-0.39, 0.29) is 17.7 Å². The zero-order valence-electron chi connectivity index (χ0n) is 15.1. The quantitative estimate of drug-likeness (QED) is 0.439. The van der Waals surface area contributed by atoms with Crippen LogP contribution in [0.5, 0.6) is 11.5 Å². The summed E-state index contributed by atoms with van der Waals surface area (Å²) in [4.78, 5) is 26.7. The Kier molecular flexibility index (Phi) is 6.11. The average Bonchev–Trinajstić information content (AvgIpc) is 2.88. The molecule has 0 saturated carbocycles. The Balaban J connectivity index is 1.87. The Labute approximate surface area is 175 Å². The molecular formula is C20H18INO4S. The fourth-order valence-corrected chi connectivity index (χ4v) is 4.49. The number of carbonyl (C=O) groups is 2. The zero-order valence-corrected chi connectivity index (χ0v) is 18.1. The van der Waals surface area contributed by atoms with Gasteiger partial charge in [-0.2, -0.15) is 0 Å². The van der Waals surface area contributed by atoms with Crippen LogP contribution in [0, 0.1) is 10.5 Å². The number of amides is 2. The summed E-state index contributed by atoms with van der Waals surface area (Å²) in [5.41, 5.74) is 2.80. The van der Waals surface area contributed by atoms with Crippen LogP contribution in [0.25, 0.3) is 6.08 Å². The molecule has 1 aliphatic heterocycles. The van der Waals surface area contributed by atoms with E-state index in [9.17, 15) is 9.59 Å². The number of hydrogen-bond donors (Lipinski definition) is 0. The van der Waals surface area contributed by atoms with E-state index in [1.807, 2.05) is 37.3 Å². The van der Waals surface area contributed by atoms with E-state index >= 15 is 0 Å². The van der Waals surface area contributed by atoms with Crippen LogP contribution in [0.1, 0.15) is 16.7 Å². The van der Waals surface area contributed by atoms with Gasteiger partial charge >= 0.3 is 0 Å². The van der Waals surface area contributed by atoms with Gasteiger partial charge in [0.05, 0.1) is 29.2 Å². The molecule has 7 heteroatoms. The van der Waals surface area contributed by atoms with Crippen LogP contribution in [-0.2, 0) is 11.3 Å². The second kappa shape index (κ2) is 8.35. The molecule has 2 amide bonds.